The van der Waals surface area contributed by atoms with E-state index in [0.29, 0.717) is 16.8 Å². The first kappa shape index (κ1) is 9.73. The lowest BCUT2D eigenvalue weighted by molar-refractivity contribution is 0.514. The molecule has 0 amide bonds. The third-order valence-electron chi connectivity index (χ3n) is 1.25. The fourth-order valence-electron chi connectivity index (χ4n) is 0.758. The number of hydrogen-bond acceptors (Lipinski definition) is 4. The number of nitrogens with zero attached hydrogens (tertiary/aromatic N) is 1. The van der Waals surface area contributed by atoms with Gasteiger partial charge in [0.2, 0.25) is 0 Å². The summed E-state index contributed by atoms with van der Waals surface area (Å²) in [5, 5.41) is 0.508. The van der Waals surface area contributed by atoms with E-state index < -0.39 is 9.84 Å². The van der Waals surface area contributed by atoms with E-state index in [4.69, 9.17) is 4.42 Å². The Morgan fingerprint density at radius 1 is 1.67 bits per heavy atom. The second kappa shape index (κ2) is 3.57. The predicted octanol–water partition coefficient (Wildman–Crippen LogP) is 1.11. The van der Waals surface area contributed by atoms with Gasteiger partial charge in [-0.1, -0.05) is 15.9 Å². The van der Waals surface area contributed by atoms with E-state index in [2.05, 4.69) is 20.9 Å². The molecule has 0 bridgehead atoms. The Bertz CT molecular complexity index is 357. The monoisotopic (exact) mass is 253 g/mol. The first-order valence-corrected chi connectivity index (χ1v) is 6.36. The molecule has 0 aliphatic rings. The Morgan fingerprint density at radius 2 is 2.33 bits per heavy atom. The molecule has 0 N–H and O–H groups in total. The van der Waals surface area contributed by atoms with Gasteiger partial charge in [-0.2, -0.15) is 0 Å². The van der Waals surface area contributed by atoms with E-state index in [1.165, 1.54) is 6.39 Å². The largest absolute Gasteiger partial charge is 0.447 e. The van der Waals surface area contributed by atoms with Gasteiger partial charge in [0.1, 0.15) is 11.5 Å². The van der Waals surface area contributed by atoms with Crippen LogP contribution < -0.4 is 0 Å². The summed E-state index contributed by atoms with van der Waals surface area (Å²) in [6, 6.07) is 0. The van der Waals surface area contributed by atoms with E-state index in [1.54, 1.807) is 0 Å². The second-order valence-electron chi connectivity index (χ2n) is 2.43. The summed E-state index contributed by atoms with van der Waals surface area (Å²) >= 11 is 3.18. The highest BCUT2D eigenvalue weighted by Gasteiger charge is 2.12. The lowest BCUT2D eigenvalue weighted by Gasteiger charge is -1.94. The lowest BCUT2D eigenvalue weighted by atomic mass is 10.4. The maximum atomic E-state index is 10.9. The number of aromatic nitrogens is 1. The molecule has 6 heteroatoms. The van der Waals surface area contributed by atoms with Gasteiger partial charge >= 0.3 is 0 Å². The smallest absolute Gasteiger partial charge is 0.181 e. The van der Waals surface area contributed by atoms with Gasteiger partial charge in [0.15, 0.2) is 16.2 Å². The van der Waals surface area contributed by atoms with Crippen molar-refractivity contribution in [1.82, 2.24) is 4.98 Å². The zero-order valence-electron chi connectivity index (χ0n) is 6.45. The van der Waals surface area contributed by atoms with Gasteiger partial charge in [-0.3, -0.25) is 0 Å². The Balaban J connectivity index is 2.89. The van der Waals surface area contributed by atoms with E-state index in [0.717, 1.165) is 6.26 Å². The molecule has 0 saturated carbocycles. The van der Waals surface area contributed by atoms with Crippen LogP contribution in [0.4, 0.5) is 0 Å². The standard InChI is InChI=1S/C6H8BrNO3S/c1-12(9,10)3-6-5(2-7)8-4-11-6/h4H,2-3H2,1H3. The fraction of sp³-hybridized carbons (Fsp3) is 0.500. The highest BCUT2D eigenvalue weighted by atomic mass is 79.9. The van der Waals surface area contributed by atoms with Gasteiger partial charge in [0, 0.05) is 11.6 Å². The molecule has 4 nitrogen and oxygen atoms in total. The summed E-state index contributed by atoms with van der Waals surface area (Å²) in [4.78, 5) is 3.84. The molecule has 0 aliphatic carbocycles. The topological polar surface area (TPSA) is 60.2 Å². The van der Waals surface area contributed by atoms with Crippen molar-refractivity contribution in [3.8, 4) is 0 Å². The molecule has 0 aromatic carbocycles. The minimum atomic E-state index is -3.03. The van der Waals surface area contributed by atoms with Gasteiger partial charge in [-0.15, -0.1) is 0 Å². The van der Waals surface area contributed by atoms with Crippen molar-refractivity contribution in [2.24, 2.45) is 0 Å². The summed E-state index contributed by atoms with van der Waals surface area (Å²) in [5.41, 5.74) is 0.639. The Labute approximate surface area is 79.0 Å². The quantitative estimate of drug-likeness (QED) is 0.758. The SMILES string of the molecule is CS(=O)(=O)Cc1ocnc1CBr. The van der Waals surface area contributed by atoms with Crippen LogP contribution in [-0.2, 0) is 20.9 Å². The van der Waals surface area contributed by atoms with Crippen LogP contribution in [0.5, 0.6) is 0 Å². The highest BCUT2D eigenvalue weighted by molar-refractivity contribution is 9.08. The molecule has 0 spiro atoms. The minimum Gasteiger partial charge on any atom is -0.447 e. The Kier molecular flexibility index (Phi) is 2.89. The molecule has 1 aromatic heterocycles. The summed E-state index contributed by atoms with van der Waals surface area (Å²) in [6.07, 6.45) is 2.41. The molecule has 1 heterocycles. The minimum absolute atomic E-state index is 0.0894. The third-order valence-corrected chi connectivity index (χ3v) is 2.56. The fourth-order valence-corrected chi connectivity index (χ4v) is 1.93. The average molecular weight is 254 g/mol. The summed E-state index contributed by atoms with van der Waals surface area (Å²) in [5.74, 6) is 0.322. The maximum Gasteiger partial charge on any atom is 0.181 e. The first-order chi connectivity index (χ1) is 5.53. The van der Waals surface area contributed by atoms with Crippen LogP contribution >= 0.6 is 15.9 Å². The van der Waals surface area contributed by atoms with Crippen molar-refractivity contribution in [3.63, 3.8) is 0 Å². The van der Waals surface area contributed by atoms with E-state index in [9.17, 15) is 8.42 Å². The van der Waals surface area contributed by atoms with Gasteiger partial charge in [0.05, 0.1) is 5.69 Å². The number of halogens is 1. The second-order valence-corrected chi connectivity index (χ2v) is 5.13. The van der Waals surface area contributed by atoms with Crippen molar-refractivity contribution in [2.45, 2.75) is 11.1 Å². The molecule has 1 aromatic rings. The summed E-state index contributed by atoms with van der Waals surface area (Å²) < 4.78 is 26.6. The van der Waals surface area contributed by atoms with Crippen LogP contribution in [0.3, 0.4) is 0 Å². The third kappa shape index (κ3) is 2.60. The predicted molar refractivity (Wildman–Crippen MR) is 47.7 cm³/mol. The van der Waals surface area contributed by atoms with Crippen molar-refractivity contribution >= 4 is 25.8 Å². The molecule has 0 saturated heterocycles. The highest BCUT2D eigenvalue weighted by Crippen LogP contribution is 2.13. The van der Waals surface area contributed by atoms with Gasteiger partial charge in [-0.05, 0) is 0 Å². The van der Waals surface area contributed by atoms with Crippen LogP contribution in [0.15, 0.2) is 10.8 Å². The molecule has 1 rings (SSSR count). The van der Waals surface area contributed by atoms with Crippen molar-refractivity contribution in [2.75, 3.05) is 6.26 Å². The number of alkyl halides is 1. The van der Waals surface area contributed by atoms with Gasteiger partial charge < -0.3 is 4.42 Å². The normalized spacial score (nSPS) is 11.8. The zero-order chi connectivity index (χ0) is 9.19. The molecule has 0 radical (unpaired) electrons. The molecule has 0 atom stereocenters. The number of hydrogen-bond donors (Lipinski definition) is 0. The van der Waals surface area contributed by atoms with Crippen LogP contribution in [-0.4, -0.2) is 19.7 Å². The molecule has 0 aliphatic heterocycles. The van der Waals surface area contributed by atoms with E-state index in [-0.39, 0.29) is 5.75 Å². The summed E-state index contributed by atoms with van der Waals surface area (Å²) in [6.45, 7) is 0. The van der Waals surface area contributed by atoms with Crippen LogP contribution in [0.1, 0.15) is 11.5 Å². The molecular formula is C6H8BrNO3S. The van der Waals surface area contributed by atoms with Gasteiger partial charge in [-0.25, -0.2) is 13.4 Å². The molecule has 0 fully saturated rings. The average Bonchev–Trinajstić information content (AvgIpc) is 2.31. The first-order valence-electron chi connectivity index (χ1n) is 3.18. The summed E-state index contributed by atoms with van der Waals surface area (Å²) in [7, 11) is -3.03. The van der Waals surface area contributed by atoms with Crippen LogP contribution in [0.2, 0.25) is 0 Å². The Hall–Kier alpha value is -0.360. The van der Waals surface area contributed by atoms with Crippen LogP contribution in [0, 0.1) is 0 Å². The van der Waals surface area contributed by atoms with E-state index in [1.807, 2.05) is 0 Å². The molecule has 68 valence electrons. The number of rotatable bonds is 3. The van der Waals surface area contributed by atoms with Crippen molar-refractivity contribution < 1.29 is 12.8 Å². The zero-order valence-corrected chi connectivity index (χ0v) is 8.85. The van der Waals surface area contributed by atoms with Crippen molar-refractivity contribution in [1.29, 1.82) is 0 Å². The molecular weight excluding hydrogens is 246 g/mol. The lowest BCUT2D eigenvalue weighted by Crippen LogP contribution is -2.01. The number of sulfone groups is 1. The van der Waals surface area contributed by atoms with Crippen LogP contribution in [0.25, 0.3) is 0 Å². The maximum absolute atomic E-state index is 10.9. The Morgan fingerprint density at radius 3 is 2.83 bits per heavy atom. The van der Waals surface area contributed by atoms with E-state index >= 15 is 0 Å². The number of oxazole rings is 1. The van der Waals surface area contributed by atoms with Gasteiger partial charge in [0.25, 0.3) is 0 Å². The molecule has 0 unspecified atom stereocenters. The molecule has 12 heavy (non-hydrogen) atoms. The van der Waals surface area contributed by atoms with Crippen molar-refractivity contribution in [3.05, 3.63) is 17.8 Å².